The molecule has 0 aliphatic heterocycles. The summed E-state index contributed by atoms with van der Waals surface area (Å²) in [4.78, 5) is 17.8. The third kappa shape index (κ3) is 2.78. The van der Waals surface area contributed by atoms with Crippen LogP contribution >= 0.6 is 0 Å². The Morgan fingerprint density at radius 2 is 2.00 bits per heavy atom. The summed E-state index contributed by atoms with van der Waals surface area (Å²) >= 11 is 0. The molecule has 0 saturated carbocycles. The number of nitrogens with one attached hydrogen (secondary N) is 2. The van der Waals surface area contributed by atoms with Crippen LogP contribution in [0.2, 0.25) is 0 Å². The molecule has 104 valence electrons. The highest BCUT2D eigenvalue weighted by atomic mass is 19.1. The van der Waals surface area contributed by atoms with Gasteiger partial charge in [-0.3, -0.25) is 10.1 Å². The van der Waals surface area contributed by atoms with E-state index in [9.17, 15) is 14.5 Å². The van der Waals surface area contributed by atoms with Gasteiger partial charge in [-0.25, -0.2) is 20.2 Å². The van der Waals surface area contributed by atoms with Crippen LogP contribution in [0.4, 0.5) is 27.4 Å². The lowest BCUT2D eigenvalue weighted by Gasteiger charge is -2.08. The Kier molecular flexibility index (Phi) is 3.71. The second kappa shape index (κ2) is 5.45. The van der Waals surface area contributed by atoms with Crippen LogP contribution in [0.25, 0.3) is 0 Å². The van der Waals surface area contributed by atoms with Crippen molar-refractivity contribution < 1.29 is 9.31 Å². The first-order valence-corrected chi connectivity index (χ1v) is 5.51. The number of rotatable bonds is 4. The molecule has 0 radical (unpaired) electrons. The molecular weight excluding hydrogens is 267 g/mol. The first-order chi connectivity index (χ1) is 9.51. The number of hydrazine groups is 1. The number of anilines is 3. The van der Waals surface area contributed by atoms with E-state index in [0.717, 1.165) is 6.33 Å². The molecule has 1 aromatic heterocycles. The van der Waals surface area contributed by atoms with Gasteiger partial charge in [0, 0.05) is 5.69 Å². The molecule has 0 aliphatic rings. The highest BCUT2D eigenvalue weighted by molar-refractivity contribution is 5.73. The van der Waals surface area contributed by atoms with Crippen molar-refractivity contribution in [3.8, 4) is 0 Å². The number of benzene rings is 1. The van der Waals surface area contributed by atoms with E-state index in [4.69, 9.17) is 5.84 Å². The SMILES string of the molecule is Cc1cc(F)cc(Nc2ncnc(NN)c2[N+](=O)[O-])c1. The van der Waals surface area contributed by atoms with E-state index in [-0.39, 0.29) is 11.6 Å². The zero-order valence-corrected chi connectivity index (χ0v) is 10.4. The van der Waals surface area contributed by atoms with Gasteiger partial charge in [0.05, 0.1) is 4.92 Å². The molecule has 4 N–H and O–H groups in total. The van der Waals surface area contributed by atoms with E-state index in [0.29, 0.717) is 11.3 Å². The molecule has 8 nitrogen and oxygen atoms in total. The molecule has 0 bridgehead atoms. The highest BCUT2D eigenvalue weighted by Crippen LogP contribution is 2.30. The third-order valence-corrected chi connectivity index (χ3v) is 2.45. The molecule has 0 saturated heterocycles. The van der Waals surface area contributed by atoms with Crippen LogP contribution in [-0.2, 0) is 0 Å². The minimum Gasteiger partial charge on any atom is -0.334 e. The van der Waals surface area contributed by atoms with Gasteiger partial charge in [0.15, 0.2) is 0 Å². The Morgan fingerprint density at radius 3 is 2.60 bits per heavy atom. The molecule has 0 unspecified atom stereocenters. The molecule has 1 aromatic carbocycles. The van der Waals surface area contributed by atoms with Gasteiger partial charge in [0.2, 0.25) is 11.6 Å². The second-order valence-electron chi connectivity index (χ2n) is 3.96. The van der Waals surface area contributed by atoms with Crippen LogP contribution in [0, 0.1) is 22.9 Å². The number of nitrogen functional groups attached to an aromatic ring is 1. The number of halogens is 1. The topological polar surface area (TPSA) is 119 Å². The fourth-order valence-electron chi connectivity index (χ4n) is 1.69. The average molecular weight is 278 g/mol. The number of nitro groups is 1. The van der Waals surface area contributed by atoms with Crippen molar-refractivity contribution in [1.82, 2.24) is 9.97 Å². The summed E-state index contributed by atoms with van der Waals surface area (Å²) in [6.07, 6.45) is 1.11. The fourth-order valence-corrected chi connectivity index (χ4v) is 1.69. The van der Waals surface area contributed by atoms with E-state index in [1.54, 1.807) is 13.0 Å². The molecule has 0 aliphatic carbocycles. The van der Waals surface area contributed by atoms with Crippen LogP contribution < -0.4 is 16.6 Å². The van der Waals surface area contributed by atoms with Crippen molar-refractivity contribution in [3.05, 3.63) is 46.0 Å². The van der Waals surface area contributed by atoms with Crippen molar-refractivity contribution in [2.45, 2.75) is 6.92 Å². The summed E-state index contributed by atoms with van der Waals surface area (Å²) < 4.78 is 13.3. The summed E-state index contributed by atoms with van der Waals surface area (Å²) in [6, 6.07) is 4.17. The lowest BCUT2D eigenvalue weighted by Crippen LogP contribution is -2.12. The number of nitrogens with zero attached hydrogens (tertiary/aromatic N) is 3. The summed E-state index contributed by atoms with van der Waals surface area (Å²) in [5.74, 6) is 4.49. The van der Waals surface area contributed by atoms with E-state index in [1.165, 1.54) is 12.1 Å². The third-order valence-electron chi connectivity index (χ3n) is 2.45. The van der Waals surface area contributed by atoms with E-state index >= 15 is 0 Å². The maximum Gasteiger partial charge on any atom is 0.354 e. The Morgan fingerprint density at radius 1 is 1.30 bits per heavy atom. The summed E-state index contributed by atoms with van der Waals surface area (Å²) in [5.41, 5.74) is 2.71. The van der Waals surface area contributed by atoms with Gasteiger partial charge >= 0.3 is 5.69 Å². The maximum absolute atomic E-state index is 13.3. The van der Waals surface area contributed by atoms with Crippen molar-refractivity contribution in [2.75, 3.05) is 10.7 Å². The van der Waals surface area contributed by atoms with Crippen LogP contribution in [0.5, 0.6) is 0 Å². The quantitative estimate of drug-likeness (QED) is 0.443. The fraction of sp³-hybridized carbons (Fsp3) is 0.0909. The van der Waals surface area contributed by atoms with Gasteiger partial charge in [-0.05, 0) is 30.7 Å². The van der Waals surface area contributed by atoms with Crippen molar-refractivity contribution in [1.29, 1.82) is 0 Å². The van der Waals surface area contributed by atoms with Gasteiger partial charge in [-0.2, -0.15) is 0 Å². The normalized spacial score (nSPS) is 10.2. The molecule has 0 atom stereocenters. The van der Waals surface area contributed by atoms with Crippen molar-refractivity contribution >= 4 is 23.0 Å². The molecule has 0 spiro atoms. The van der Waals surface area contributed by atoms with Gasteiger partial charge in [-0.1, -0.05) is 0 Å². The lowest BCUT2D eigenvalue weighted by molar-refractivity contribution is -0.383. The Labute approximate surface area is 113 Å². The predicted molar refractivity (Wildman–Crippen MR) is 70.9 cm³/mol. The van der Waals surface area contributed by atoms with Gasteiger partial charge in [-0.15, -0.1) is 0 Å². The minimum atomic E-state index is -0.677. The number of nitrogens with two attached hydrogens (primary N) is 1. The Bertz CT molecular complexity index is 643. The summed E-state index contributed by atoms with van der Waals surface area (Å²) in [5, 5.41) is 13.7. The van der Waals surface area contributed by atoms with E-state index in [2.05, 4.69) is 20.7 Å². The molecule has 0 fully saturated rings. The van der Waals surface area contributed by atoms with Crippen LogP contribution in [-0.4, -0.2) is 14.9 Å². The molecule has 9 heteroatoms. The highest BCUT2D eigenvalue weighted by Gasteiger charge is 2.22. The predicted octanol–water partition coefficient (Wildman–Crippen LogP) is 1.86. The lowest BCUT2D eigenvalue weighted by atomic mass is 10.2. The maximum atomic E-state index is 13.3. The molecule has 0 amide bonds. The van der Waals surface area contributed by atoms with Gasteiger partial charge in [0.1, 0.15) is 12.1 Å². The Hall–Kier alpha value is -2.81. The summed E-state index contributed by atoms with van der Waals surface area (Å²) in [6.45, 7) is 1.70. The van der Waals surface area contributed by atoms with Crippen molar-refractivity contribution in [3.63, 3.8) is 0 Å². The zero-order chi connectivity index (χ0) is 14.7. The zero-order valence-electron chi connectivity index (χ0n) is 10.4. The number of hydrogen-bond donors (Lipinski definition) is 3. The standard InChI is InChI=1S/C11H11FN6O2/c1-6-2-7(12)4-8(3-6)16-10-9(18(19)20)11(17-13)15-5-14-10/h2-5H,13H2,1H3,(H2,14,15,16,17). The summed E-state index contributed by atoms with van der Waals surface area (Å²) in [7, 11) is 0. The van der Waals surface area contributed by atoms with Crippen LogP contribution in [0.1, 0.15) is 5.56 Å². The van der Waals surface area contributed by atoms with Crippen LogP contribution in [0.15, 0.2) is 24.5 Å². The first kappa shape index (κ1) is 13.6. The molecule has 2 rings (SSSR count). The smallest absolute Gasteiger partial charge is 0.334 e. The van der Waals surface area contributed by atoms with E-state index < -0.39 is 16.4 Å². The van der Waals surface area contributed by atoms with E-state index in [1.807, 2.05) is 0 Å². The number of aromatic nitrogens is 2. The van der Waals surface area contributed by atoms with Crippen molar-refractivity contribution in [2.24, 2.45) is 5.84 Å². The molecule has 1 heterocycles. The number of aryl methyl sites for hydroxylation is 1. The molecule has 2 aromatic rings. The monoisotopic (exact) mass is 278 g/mol. The van der Waals surface area contributed by atoms with Gasteiger partial charge < -0.3 is 10.7 Å². The average Bonchev–Trinajstić information content (AvgIpc) is 2.36. The van der Waals surface area contributed by atoms with Crippen LogP contribution in [0.3, 0.4) is 0 Å². The number of hydrogen-bond acceptors (Lipinski definition) is 7. The minimum absolute atomic E-state index is 0.0806. The second-order valence-corrected chi connectivity index (χ2v) is 3.96. The van der Waals surface area contributed by atoms with Gasteiger partial charge in [0.25, 0.3) is 0 Å². The first-order valence-electron chi connectivity index (χ1n) is 5.51. The molecular formula is C11H11FN6O2. The largest absolute Gasteiger partial charge is 0.354 e. The Balaban J connectivity index is 2.45. The molecule has 20 heavy (non-hydrogen) atoms.